The molecule has 0 aromatic carbocycles. The van der Waals surface area contributed by atoms with E-state index in [9.17, 15) is 9.59 Å². The van der Waals surface area contributed by atoms with Gasteiger partial charge in [0.25, 0.3) is 0 Å². The van der Waals surface area contributed by atoms with Gasteiger partial charge in [0.15, 0.2) is 0 Å². The molecule has 204 valence electrons. The summed E-state index contributed by atoms with van der Waals surface area (Å²) in [5.74, 6) is -0.421. The largest absolute Gasteiger partial charge is 0.466 e. The highest BCUT2D eigenvalue weighted by atomic mass is 16.5. The standard InChI is InChI=1S/3C7H16.2C4H8O2/c3*1-3-5-7-6-4-2;2*1-3-6-4(2)5/h3*3-7H2,1-2H3;2*3H2,1-2H3. The Labute approximate surface area is 210 Å². The van der Waals surface area contributed by atoms with Gasteiger partial charge in [-0.3, -0.25) is 9.59 Å². The Morgan fingerprint density at radius 2 is 0.576 bits per heavy atom. The van der Waals surface area contributed by atoms with Crippen molar-refractivity contribution in [1.29, 1.82) is 0 Å². The molecule has 0 aromatic rings. The molecule has 0 saturated heterocycles. The first-order chi connectivity index (χ1) is 15.8. The Morgan fingerprint density at radius 3 is 0.636 bits per heavy atom. The molecule has 0 aromatic heterocycles. The molecule has 0 N–H and O–H groups in total. The minimum Gasteiger partial charge on any atom is -0.466 e. The number of hydrogen-bond acceptors (Lipinski definition) is 4. The van der Waals surface area contributed by atoms with Crippen LogP contribution < -0.4 is 0 Å². The van der Waals surface area contributed by atoms with E-state index in [-0.39, 0.29) is 11.9 Å². The maximum atomic E-state index is 9.82. The van der Waals surface area contributed by atoms with Crippen LogP contribution in [0.4, 0.5) is 0 Å². The highest BCUT2D eigenvalue weighted by molar-refractivity contribution is 5.66. The molecule has 0 amide bonds. The fourth-order valence-corrected chi connectivity index (χ4v) is 2.44. The van der Waals surface area contributed by atoms with Crippen molar-refractivity contribution in [3.63, 3.8) is 0 Å². The molecule has 0 bridgehead atoms. The molecule has 0 rings (SSSR count). The van der Waals surface area contributed by atoms with Crippen LogP contribution in [0.3, 0.4) is 0 Å². The van der Waals surface area contributed by atoms with Crippen molar-refractivity contribution < 1.29 is 19.1 Å². The van der Waals surface area contributed by atoms with Crippen LogP contribution in [0.15, 0.2) is 0 Å². The average Bonchev–Trinajstić information content (AvgIpc) is 2.77. The summed E-state index contributed by atoms with van der Waals surface area (Å²) in [4.78, 5) is 19.6. The summed E-state index contributed by atoms with van der Waals surface area (Å²) in [5, 5.41) is 0. The molecule has 4 heteroatoms. The van der Waals surface area contributed by atoms with Crippen LogP contribution in [-0.2, 0) is 19.1 Å². The first-order valence-electron chi connectivity index (χ1n) is 14.1. The first-order valence-corrected chi connectivity index (χ1v) is 14.1. The van der Waals surface area contributed by atoms with Crippen LogP contribution in [0.1, 0.15) is 166 Å². The second-order valence-electron chi connectivity index (χ2n) is 8.03. The van der Waals surface area contributed by atoms with Gasteiger partial charge >= 0.3 is 11.9 Å². The maximum absolute atomic E-state index is 9.82. The molecular weight excluding hydrogens is 412 g/mol. The third-order valence-corrected chi connectivity index (χ3v) is 4.32. The first kappa shape index (κ1) is 42.1. The smallest absolute Gasteiger partial charge is 0.302 e. The Bertz CT molecular complexity index is 265. The third kappa shape index (κ3) is 90.3. The summed E-state index contributed by atoms with van der Waals surface area (Å²) in [6.07, 6.45) is 21.0. The van der Waals surface area contributed by atoms with Crippen molar-refractivity contribution in [3.8, 4) is 0 Å². The Hall–Kier alpha value is -1.06. The molecule has 0 spiro atoms. The summed E-state index contributed by atoms with van der Waals surface area (Å²) in [6.45, 7) is 20.8. The monoisotopic (exact) mass is 476 g/mol. The topological polar surface area (TPSA) is 52.6 Å². The van der Waals surface area contributed by atoms with Crippen LogP contribution >= 0.6 is 0 Å². The van der Waals surface area contributed by atoms with Crippen LogP contribution in [0, 0.1) is 0 Å². The highest BCUT2D eigenvalue weighted by Gasteiger charge is 1.83. The van der Waals surface area contributed by atoms with Crippen LogP contribution in [0.5, 0.6) is 0 Å². The lowest BCUT2D eigenvalue weighted by Crippen LogP contribution is -1.95. The van der Waals surface area contributed by atoms with Crippen LogP contribution in [0.25, 0.3) is 0 Å². The molecule has 4 nitrogen and oxygen atoms in total. The van der Waals surface area contributed by atoms with Crippen molar-refractivity contribution in [2.24, 2.45) is 0 Å². The number of hydrogen-bond donors (Lipinski definition) is 0. The summed E-state index contributed by atoms with van der Waals surface area (Å²) in [7, 11) is 0. The minimum atomic E-state index is -0.211. The zero-order valence-electron chi connectivity index (χ0n) is 24.7. The lowest BCUT2D eigenvalue weighted by Gasteiger charge is -1.90. The van der Waals surface area contributed by atoms with Crippen molar-refractivity contribution >= 4 is 11.9 Å². The lowest BCUT2D eigenvalue weighted by molar-refractivity contribution is -0.141. The van der Waals surface area contributed by atoms with Gasteiger partial charge in [-0.05, 0) is 13.8 Å². The van der Waals surface area contributed by atoms with Gasteiger partial charge in [0, 0.05) is 13.8 Å². The molecule has 0 radical (unpaired) electrons. The van der Waals surface area contributed by atoms with E-state index in [1.165, 1.54) is 110 Å². The zero-order chi connectivity index (χ0) is 26.6. The van der Waals surface area contributed by atoms with Crippen LogP contribution in [-0.4, -0.2) is 25.2 Å². The molecular formula is C29H64O4. The summed E-state index contributed by atoms with van der Waals surface area (Å²) in [6, 6.07) is 0. The highest BCUT2D eigenvalue weighted by Crippen LogP contribution is 2.01. The molecule has 0 heterocycles. The number of carbonyl (C=O) groups is 2. The minimum absolute atomic E-state index is 0.211. The zero-order valence-corrected chi connectivity index (χ0v) is 24.7. The van der Waals surface area contributed by atoms with Gasteiger partial charge in [-0.25, -0.2) is 0 Å². The summed E-state index contributed by atoms with van der Waals surface area (Å²) >= 11 is 0. The molecule has 33 heavy (non-hydrogen) atoms. The van der Waals surface area contributed by atoms with E-state index in [0.717, 1.165) is 0 Å². The van der Waals surface area contributed by atoms with E-state index in [2.05, 4.69) is 51.0 Å². The van der Waals surface area contributed by atoms with Crippen molar-refractivity contribution in [3.05, 3.63) is 0 Å². The summed E-state index contributed by atoms with van der Waals surface area (Å²) in [5.41, 5.74) is 0. The molecule has 0 saturated carbocycles. The SMILES string of the molecule is CCCCCCC.CCCCCCC.CCCCCCC.CCOC(C)=O.CCOC(C)=O. The van der Waals surface area contributed by atoms with Gasteiger partial charge in [-0.2, -0.15) is 0 Å². The number of carbonyl (C=O) groups excluding carboxylic acids is 2. The number of esters is 2. The van der Waals surface area contributed by atoms with Gasteiger partial charge in [0.2, 0.25) is 0 Å². The van der Waals surface area contributed by atoms with E-state index in [1.54, 1.807) is 13.8 Å². The Kier molecular flexibility index (Phi) is 61.8. The predicted molar refractivity (Wildman–Crippen MR) is 148 cm³/mol. The van der Waals surface area contributed by atoms with Gasteiger partial charge in [0.1, 0.15) is 0 Å². The number of unbranched alkanes of at least 4 members (excludes halogenated alkanes) is 12. The molecule has 0 atom stereocenters. The van der Waals surface area contributed by atoms with Crippen LogP contribution in [0.2, 0.25) is 0 Å². The quantitative estimate of drug-likeness (QED) is 0.185. The number of ether oxygens (including phenoxy) is 2. The normalized spacial score (nSPS) is 8.79. The van der Waals surface area contributed by atoms with Crippen molar-refractivity contribution in [1.82, 2.24) is 0 Å². The fourth-order valence-electron chi connectivity index (χ4n) is 2.44. The average molecular weight is 477 g/mol. The van der Waals surface area contributed by atoms with Crippen molar-refractivity contribution in [2.75, 3.05) is 13.2 Å². The molecule has 0 aliphatic heterocycles. The van der Waals surface area contributed by atoms with Gasteiger partial charge in [-0.15, -0.1) is 0 Å². The second kappa shape index (κ2) is 48.4. The van der Waals surface area contributed by atoms with E-state index >= 15 is 0 Å². The molecule has 0 fully saturated rings. The third-order valence-electron chi connectivity index (χ3n) is 4.32. The van der Waals surface area contributed by atoms with E-state index in [1.807, 2.05) is 0 Å². The maximum Gasteiger partial charge on any atom is 0.302 e. The van der Waals surface area contributed by atoms with E-state index in [0.29, 0.717) is 13.2 Å². The lowest BCUT2D eigenvalue weighted by atomic mass is 10.2. The van der Waals surface area contributed by atoms with Gasteiger partial charge < -0.3 is 9.47 Å². The van der Waals surface area contributed by atoms with E-state index in [4.69, 9.17) is 0 Å². The second-order valence-corrected chi connectivity index (χ2v) is 8.03. The predicted octanol–water partition coefficient (Wildman–Crippen LogP) is 10.1. The number of rotatable bonds is 14. The fraction of sp³-hybridized carbons (Fsp3) is 0.931. The summed E-state index contributed by atoms with van der Waals surface area (Å²) < 4.78 is 8.81. The van der Waals surface area contributed by atoms with Gasteiger partial charge in [0.05, 0.1) is 13.2 Å². The van der Waals surface area contributed by atoms with E-state index < -0.39 is 0 Å². The Morgan fingerprint density at radius 1 is 0.394 bits per heavy atom. The Balaban J connectivity index is -0.0000000992. The molecule has 0 unspecified atom stereocenters. The van der Waals surface area contributed by atoms with Crippen molar-refractivity contribution in [2.45, 2.75) is 166 Å². The van der Waals surface area contributed by atoms with Gasteiger partial charge in [-0.1, -0.05) is 138 Å². The molecule has 0 aliphatic carbocycles. The molecule has 0 aliphatic rings.